The van der Waals surface area contributed by atoms with E-state index in [2.05, 4.69) is 70.2 Å². The van der Waals surface area contributed by atoms with Gasteiger partial charge in [0.25, 0.3) is 0 Å². The largest absolute Gasteiger partial charge is 0.135 e. The highest BCUT2D eigenvalue weighted by Crippen LogP contribution is 2.44. The predicted octanol–water partition coefficient (Wildman–Crippen LogP) is 6.59. The lowest BCUT2D eigenvalue weighted by molar-refractivity contribution is 0.314. The van der Waals surface area contributed by atoms with Crippen LogP contribution in [-0.2, 0) is 0 Å². The van der Waals surface area contributed by atoms with Gasteiger partial charge in [-0.2, -0.15) is 0 Å². The molecule has 0 N–H and O–H groups in total. The lowest BCUT2D eigenvalue weighted by Crippen LogP contribution is -2.17. The van der Waals surface area contributed by atoms with Crippen molar-refractivity contribution in [2.75, 3.05) is 0 Å². The molecule has 20 heavy (non-hydrogen) atoms. The van der Waals surface area contributed by atoms with Crippen molar-refractivity contribution in [1.82, 2.24) is 0 Å². The lowest BCUT2D eigenvalue weighted by Gasteiger charge is -2.31. The van der Waals surface area contributed by atoms with E-state index in [1.54, 1.807) is 0 Å². The number of thiophene rings is 1. The van der Waals surface area contributed by atoms with Gasteiger partial charge in [0.2, 0.25) is 0 Å². The molecular weight excluding hydrogens is 260 g/mol. The molecule has 0 radical (unpaired) electrons. The molecule has 0 amide bonds. The normalized spacial score (nSPS) is 14.0. The summed E-state index contributed by atoms with van der Waals surface area (Å²) in [5.41, 5.74) is 1.82. The minimum atomic E-state index is 0.298. The highest BCUT2D eigenvalue weighted by molar-refractivity contribution is 7.25. The van der Waals surface area contributed by atoms with E-state index < -0.39 is 0 Å². The Labute approximate surface area is 125 Å². The smallest absolute Gasteiger partial charge is 0.0358 e. The number of hydrogen-bond acceptors (Lipinski definition) is 1. The average molecular weight is 282 g/mol. The molecule has 0 saturated carbocycles. The Balaban J connectivity index is 2.35. The van der Waals surface area contributed by atoms with E-state index >= 15 is 0 Å². The van der Waals surface area contributed by atoms with Crippen LogP contribution in [0.2, 0.25) is 0 Å². The summed E-state index contributed by atoms with van der Waals surface area (Å²) in [6.07, 6.45) is 1.19. The van der Waals surface area contributed by atoms with Gasteiger partial charge in [0, 0.05) is 20.2 Å². The zero-order valence-corrected chi connectivity index (χ0v) is 13.6. The molecule has 1 unspecified atom stereocenters. The summed E-state index contributed by atoms with van der Waals surface area (Å²) < 4.78 is 2.82. The summed E-state index contributed by atoms with van der Waals surface area (Å²) in [6.45, 7) is 9.38. The first-order chi connectivity index (χ1) is 9.52. The zero-order valence-electron chi connectivity index (χ0n) is 12.7. The average Bonchev–Trinajstić information content (AvgIpc) is 2.77. The van der Waals surface area contributed by atoms with Gasteiger partial charge in [-0.05, 0) is 35.4 Å². The van der Waals surface area contributed by atoms with Crippen LogP contribution in [0.15, 0.2) is 42.5 Å². The summed E-state index contributed by atoms with van der Waals surface area (Å²) in [7, 11) is 0. The van der Waals surface area contributed by atoms with E-state index in [4.69, 9.17) is 0 Å². The summed E-state index contributed by atoms with van der Waals surface area (Å²) in [5.74, 6) is 0.601. The van der Waals surface area contributed by atoms with Crippen LogP contribution in [0.25, 0.3) is 20.2 Å². The fourth-order valence-corrected chi connectivity index (χ4v) is 4.53. The Kier molecular flexibility index (Phi) is 3.33. The fourth-order valence-electron chi connectivity index (χ4n) is 3.39. The molecule has 0 aliphatic rings. The Morgan fingerprint density at radius 1 is 0.950 bits per heavy atom. The molecule has 0 saturated heterocycles. The molecule has 0 nitrogen and oxygen atoms in total. The molecule has 0 aliphatic heterocycles. The van der Waals surface area contributed by atoms with Crippen molar-refractivity contribution in [2.45, 2.75) is 40.0 Å². The molecular formula is C19H22S. The second-order valence-electron chi connectivity index (χ2n) is 6.65. The van der Waals surface area contributed by atoms with Crippen molar-refractivity contribution >= 4 is 31.5 Å². The van der Waals surface area contributed by atoms with Crippen molar-refractivity contribution < 1.29 is 0 Å². The van der Waals surface area contributed by atoms with Crippen molar-refractivity contribution in [3.05, 3.63) is 48.0 Å². The topological polar surface area (TPSA) is 0 Å². The molecule has 0 fully saturated rings. The van der Waals surface area contributed by atoms with E-state index in [0.29, 0.717) is 11.3 Å². The number of fused-ring (bicyclic) bond motifs is 3. The highest BCUT2D eigenvalue weighted by atomic mass is 32.1. The third-order valence-electron chi connectivity index (χ3n) is 4.26. The van der Waals surface area contributed by atoms with E-state index in [-0.39, 0.29) is 0 Å². The Morgan fingerprint density at radius 2 is 1.65 bits per heavy atom. The first-order valence-electron chi connectivity index (χ1n) is 7.42. The third kappa shape index (κ3) is 2.14. The predicted molar refractivity (Wildman–Crippen MR) is 91.8 cm³/mol. The van der Waals surface area contributed by atoms with Crippen molar-refractivity contribution in [1.29, 1.82) is 0 Å². The second-order valence-corrected chi connectivity index (χ2v) is 7.73. The summed E-state index contributed by atoms with van der Waals surface area (Å²) in [6, 6.07) is 15.6. The summed E-state index contributed by atoms with van der Waals surface area (Å²) in [5, 5.41) is 2.90. The van der Waals surface area contributed by atoms with Gasteiger partial charge >= 0.3 is 0 Å². The third-order valence-corrected chi connectivity index (χ3v) is 5.40. The number of benzene rings is 2. The summed E-state index contributed by atoms with van der Waals surface area (Å²) in [4.78, 5) is 0. The van der Waals surface area contributed by atoms with Gasteiger partial charge in [-0.25, -0.2) is 0 Å². The molecule has 3 rings (SSSR count). The van der Waals surface area contributed by atoms with E-state index in [1.165, 1.54) is 32.2 Å². The Bertz CT molecular complexity index is 743. The number of hydrogen-bond donors (Lipinski definition) is 0. The zero-order chi connectivity index (χ0) is 14.3. The van der Waals surface area contributed by atoms with Crippen LogP contribution in [-0.4, -0.2) is 0 Å². The van der Waals surface area contributed by atoms with E-state index in [1.807, 2.05) is 11.3 Å². The van der Waals surface area contributed by atoms with Crippen LogP contribution in [0, 0.1) is 5.41 Å². The molecule has 3 aromatic rings. The van der Waals surface area contributed by atoms with Crippen LogP contribution < -0.4 is 0 Å². The van der Waals surface area contributed by atoms with Gasteiger partial charge in [-0.15, -0.1) is 11.3 Å². The van der Waals surface area contributed by atoms with Crippen LogP contribution in [0.5, 0.6) is 0 Å². The summed E-state index contributed by atoms with van der Waals surface area (Å²) >= 11 is 1.91. The highest BCUT2D eigenvalue weighted by Gasteiger charge is 2.26. The molecule has 0 aliphatic carbocycles. The van der Waals surface area contributed by atoms with Crippen LogP contribution in [0.4, 0.5) is 0 Å². The molecule has 1 aromatic heterocycles. The number of rotatable bonds is 2. The van der Waals surface area contributed by atoms with Gasteiger partial charge in [0.15, 0.2) is 0 Å². The maximum Gasteiger partial charge on any atom is 0.0358 e. The van der Waals surface area contributed by atoms with E-state index in [0.717, 1.165) is 0 Å². The monoisotopic (exact) mass is 282 g/mol. The molecule has 0 spiro atoms. The molecule has 1 heterocycles. The van der Waals surface area contributed by atoms with Crippen molar-refractivity contribution in [2.24, 2.45) is 5.41 Å². The van der Waals surface area contributed by atoms with Gasteiger partial charge in [0.1, 0.15) is 0 Å². The van der Waals surface area contributed by atoms with Crippen molar-refractivity contribution in [3.8, 4) is 0 Å². The SMILES string of the molecule is CCC(c1cccc2sc3ccccc3c12)C(C)(C)C. The maximum atomic E-state index is 2.36. The molecule has 2 aromatic carbocycles. The molecule has 1 heteroatoms. The quantitative estimate of drug-likeness (QED) is 0.497. The fraction of sp³-hybridized carbons (Fsp3) is 0.368. The van der Waals surface area contributed by atoms with Crippen LogP contribution >= 0.6 is 11.3 Å². The standard InChI is InChI=1S/C19H22S/c1-5-15(19(2,3)4)13-10-8-12-17-18(13)14-9-6-7-11-16(14)20-17/h6-12,15H,5H2,1-4H3. The van der Waals surface area contributed by atoms with Gasteiger partial charge < -0.3 is 0 Å². The van der Waals surface area contributed by atoms with Gasteiger partial charge in [-0.3, -0.25) is 0 Å². The Morgan fingerprint density at radius 3 is 2.35 bits per heavy atom. The lowest BCUT2D eigenvalue weighted by atomic mass is 9.74. The van der Waals surface area contributed by atoms with Gasteiger partial charge in [-0.1, -0.05) is 58.0 Å². The second kappa shape index (κ2) is 4.89. The van der Waals surface area contributed by atoms with Crippen LogP contribution in [0.1, 0.15) is 45.6 Å². The first kappa shape index (κ1) is 13.6. The maximum absolute atomic E-state index is 2.36. The van der Waals surface area contributed by atoms with Gasteiger partial charge in [0.05, 0.1) is 0 Å². The van der Waals surface area contributed by atoms with Crippen LogP contribution in [0.3, 0.4) is 0 Å². The van der Waals surface area contributed by atoms with Crippen molar-refractivity contribution in [3.63, 3.8) is 0 Å². The Hall–Kier alpha value is -1.34. The van der Waals surface area contributed by atoms with E-state index in [9.17, 15) is 0 Å². The molecule has 104 valence electrons. The molecule has 1 atom stereocenters. The molecule has 0 bridgehead atoms. The first-order valence-corrected chi connectivity index (χ1v) is 8.24. The minimum Gasteiger partial charge on any atom is -0.135 e. The minimum absolute atomic E-state index is 0.298.